The summed E-state index contributed by atoms with van der Waals surface area (Å²) in [4.78, 5) is 12.1. The van der Waals surface area contributed by atoms with Crippen molar-refractivity contribution in [3.05, 3.63) is 35.9 Å². The van der Waals surface area contributed by atoms with Crippen LogP contribution < -0.4 is 10.6 Å². The number of amides is 1. The molecule has 5 nitrogen and oxygen atoms in total. The number of hydrogen-bond acceptors (Lipinski definition) is 3. The van der Waals surface area contributed by atoms with E-state index in [4.69, 9.17) is 0 Å². The molecule has 2 heterocycles. The van der Waals surface area contributed by atoms with Gasteiger partial charge in [-0.15, -0.1) is 0 Å². The van der Waals surface area contributed by atoms with Gasteiger partial charge in [0.15, 0.2) is 5.82 Å². The second kappa shape index (κ2) is 5.84. The molecular formula is C15H16F2N4O. The van der Waals surface area contributed by atoms with Gasteiger partial charge in [0.05, 0.1) is 5.69 Å². The van der Waals surface area contributed by atoms with Crippen molar-refractivity contribution in [2.45, 2.75) is 6.92 Å². The van der Waals surface area contributed by atoms with E-state index in [-0.39, 0.29) is 11.8 Å². The van der Waals surface area contributed by atoms with E-state index >= 15 is 0 Å². The average Bonchev–Trinajstić information content (AvgIpc) is 2.84. The predicted octanol–water partition coefficient (Wildman–Crippen LogP) is 2.15. The van der Waals surface area contributed by atoms with Gasteiger partial charge in [-0.05, 0) is 31.1 Å². The molecule has 0 spiro atoms. The molecule has 3 rings (SSSR count). The molecule has 22 heavy (non-hydrogen) atoms. The van der Waals surface area contributed by atoms with Crippen LogP contribution in [0.3, 0.4) is 0 Å². The highest BCUT2D eigenvalue weighted by Crippen LogP contribution is 2.23. The first kappa shape index (κ1) is 14.6. The van der Waals surface area contributed by atoms with Crippen LogP contribution in [0.15, 0.2) is 24.3 Å². The van der Waals surface area contributed by atoms with Crippen molar-refractivity contribution >= 4 is 11.7 Å². The molecule has 1 atom stereocenters. The van der Waals surface area contributed by atoms with Gasteiger partial charge in [-0.2, -0.15) is 5.10 Å². The Morgan fingerprint density at radius 3 is 2.55 bits per heavy atom. The zero-order valence-electron chi connectivity index (χ0n) is 12.0. The summed E-state index contributed by atoms with van der Waals surface area (Å²) >= 11 is 0. The fourth-order valence-corrected chi connectivity index (χ4v) is 2.36. The second-order valence-corrected chi connectivity index (χ2v) is 5.52. The molecule has 1 saturated heterocycles. The molecule has 1 amide bonds. The van der Waals surface area contributed by atoms with Gasteiger partial charge in [0.25, 0.3) is 0 Å². The van der Waals surface area contributed by atoms with Crippen LogP contribution in [-0.4, -0.2) is 29.2 Å². The predicted molar refractivity (Wildman–Crippen MR) is 78.1 cm³/mol. The van der Waals surface area contributed by atoms with E-state index in [1.165, 1.54) is 12.1 Å². The number of H-pyrrole nitrogens is 1. The average molecular weight is 306 g/mol. The lowest BCUT2D eigenvalue weighted by molar-refractivity contribution is -0.121. The van der Waals surface area contributed by atoms with Crippen LogP contribution in [0.5, 0.6) is 0 Å². The zero-order valence-corrected chi connectivity index (χ0v) is 12.0. The highest BCUT2D eigenvalue weighted by Gasteiger charge is 2.29. The van der Waals surface area contributed by atoms with Gasteiger partial charge in [-0.1, -0.05) is 6.92 Å². The number of nitrogens with one attached hydrogen (secondary N) is 3. The Hall–Kier alpha value is -2.28. The van der Waals surface area contributed by atoms with Crippen molar-refractivity contribution in [3.63, 3.8) is 0 Å². The van der Waals surface area contributed by atoms with Gasteiger partial charge in [-0.25, -0.2) is 8.78 Å². The summed E-state index contributed by atoms with van der Waals surface area (Å²) in [5.74, 6) is -0.898. The summed E-state index contributed by atoms with van der Waals surface area (Å²) in [6.45, 7) is 3.54. The third kappa shape index (κ3) is 2.99. The van der Waals surface area contributed by atoms with Gasteiger partial charge in [0, 0.05) is 23.6 Å². The van der Waals surface area contributed by atoms with E-state index in [1.54, 1.807) is 6.07 Å². The van der Waals surface area contributed by atoms with E-state index in [2.05, 4.69) is 20.8 Å². The Morgan fingerprint density at radius 2 is 1.95 bits per heavy atom. The standard InChI is InChI=1S/C15H16F2N4O/c1-8(10-6-18-7-10)15(22)19-14-5-13(20-21-14)9-2-11(16)4-12(17)3-9/h2-5,8,10,18H,6-7H2,1H3,(H2,19,20,21,22). The summed E-state index contributed by atoms with van der Waals surface area (Å²) in [6, 6.07) is 4.75. The quantitative estimate of drug-likeness (QED) is 0.810. The Bertz CT molecular complexity index is 676. The van der Waals surface area contributed by atoms with Crippen LogP contribution in [0.25, 0.3) is 11.3 Å². The highest BCUT2D eigenvalue weighted by atomic mass is 19.1. The van der Waals surface area contributed by atoms with E-state index in [9.17, 15) is 13.6 Å². The van der Waals surface area contributed by atoms with E-state index in [1.807, 2.05) is 6.92 Å². The lowest BCUT2D eigenvalue weighted by Gasteiger charge is -2.31. The molecule has 0 bridgehead atoms. The smallest absolute Gasteiger partial charge is 0.228 e. The van der Waals surface area contributed by atoms with Gasteiger partial charge in [-0.3, -0.25) is 9.89 Å². The molecule has 2 aromatic rings. The van der Waals surface area contributed by atoms with Gasteiger partial charge < -0.3 is 10.6 Å². The first-order valence-electron chi connectivity index (χ1n) is 7.06. The SMILES string of the molecule is CC(C(=O)Nc1cc(-c2cc(F)cc(F)c2)[nH]n1)C1CNC1. The Labute approximate surface area is 126 Å². The van der Waals surface area contributed by atoms with Crippen molar-refractivity contribution in [2.24, 2.45) is 11.8 Å². The molecule has 116 valence electrons. The van der Waals surface area contributed by atoms with Gasteiger partial charge in [0.2, 0.25) is 5.91 Å². The van der Waals surface area contributed by atoms with Crippen LogP contribution in [-0.2, 0) is 4.79 Å². The third-order valence-corrected chi connectivity index (χ3v) is 3.94. The molecule has 1 aromatic heterocycles. The molecule has 7 heteroatoms. The van der Waals surface area contributed by atoms with Crippen molar-refractivity contribution in [1.82, 2.24) is 15.5 Å². The number of anilines is 1. The zero-order chi connectivity index (χ0) is 15.7. The highest BCUT2D eigenvalue weighted by molar-refractivity contribution is 5.92. The number of carbonyl (C=O) groups is 1. The first-order valence-corrected chi connectivity index (χ1v) is 7.06. The van der Waals surface area contributed by atoms with Crippen molar-refractivity contribution in [2.75, 3.05) is 18.4 Å². The summed E-state index contributed by atoms with van der Waals surface area (Å²) in [7, 11) is 0. The normalized spacial score (nSPS) is 16.1. The van der Waals surface area contributed by atoms with Crippen LogP contribution in [0.1, 0.15) is 6.92 Å². The van der Waals surface area contributed by atoms with Crippen LogP contribution in [0, 0.1) is 23.5 Å². The number of hydrogen-bond donors (Lipinski definition) is 3. The molecule has 1 fully saturated rings. The number of carbonyl (C=O) groups excluding carboxylic acids is 1. The first-order chi connectivity index (χ1) is 10.5. The summed E-state index contributed by atoms with van der Waals surface area (Å²) in [6.07, 6.45) is 0. The molecule has 1 unspecified atom stereocenters. The third-order valence-electron chi connectivity index (χ3n) is 3.94. The number of benzene rings is 1. The van der Waals surface area contributed by atoms with E-state index < -0.39 is 11.6 Å². The molecule has 0 aliphatic carbocycles. The number of halogens is 2. The van der Waals surface area contributed by atoms with Crippen molar-refractivity contribution in [3.8, 4) is 11.3 Å². The topological polar surface area (TPSA) is 69.8 Å². The minimum Gasteiger partial charge on any atom is -0.316 e. The van der Waals surface area contributed by atoms with Gasteiger partial charge >= 0.3 is 0 Å². The van der Waals surface area contributed by atoms with Crippen LogP contribution >= 0.6 is 0 Å². The van der Waals surface area contributed by atoms with E-state index in [0.29, 0.717) is 23.0 Å². The fourth-order valence-electron chi connectivity index (χ4n) is 2.36. The second-order valence-electron chi connectivity index (χ2n) is 5.52. The van der Waals surface area contributed by atoms with E-state index in [0.717, 1.165) is 19.2 Å². The number of aromatic nitrogens is 2. The van der Waals surface area contributed by atoms with Gasteiger partial charge in [0.1, 0.15) is 11.6 Å². The maximum absolute atomic E-state index is 13.2. The lowest BCUT2D eigenvalue weighted by Crippen LogP contribution is -2.48. The van der Waals surface area contributed by atoms with Crippen molar-refractivity contribution < 1.29 is 13.6 Å². The van der Waals surface area contributed by atoms with Crippen molar-refractivity contribution in [1.29, 1.82) is 0 Å². The molecule has 3 N–H and O–H groups in total. The number of aromatic amines is 1. The molecule has 1 aromatic carbocycles. The molecule has 1 aliphatic rings. The minimum absolute atomic E-state index is 0.116. The van der Waals surface area contributed by atoms with Crippen LogP contribution in [0.2, 0.25) is 0 Å². The fraction of sp³-hybridized carbons (Fsp3) is 0.333. The lowest BCUT2D eigenvalue weighted by atomic mass is 9.88. The molecule has 1 aliphatic heterocycles. The largest absolute Gasteiger partial charge is 0.316 e. The molecule has 0 radical (unpaired) electrons. The minimum atomic E-state index is -0.665. The Balaban J connectivity index is 1.71. The maximum Gasteiger partial charge on any atom is 0.228 e. The summed E-state index contributed by atoms with van der Waals surface area (Å²) < 4.78 is 26.4. The Kier molecular flexibility index (Phi) is 3.89. The monoisotopic (exact) mass is 306 g/mol. The molecule has 0 saturated carbocycles. The molecular weight excluding hydrogens is 290 g/mol. The summed E-state index contributed by atoms with van der Waals surface area (Å²) in [5, 5.41) is 12.5. The number of nitrogens with zero attached hydrogens (tertiary/aromatic N) is 1. The summed E-state index contributed by atoms with van der Waals surface area (Å²) in [5.41, 5.74) is 0.772. The van der Waals surface area contributed by atoms with Crippen LogP contribution in [0.4, 0.5) is 14.6 Å². The Morgan fingerprint density at radius 1 is 1.27 bits per heavy atom. The maximum atomic E-state index is 13.2. The number of rotatable bonds is 4.